The molecule has 4 nitrogen and oxygen atoms in total. The Morgan fingerprint density at radius 2 is 0.815 bits per heavy atom. The Bertz CT molecular complexity index is 4010. The van der Waals surface area contributed by atoms with Crippen molar-refractivity contribution in [3.63, 3.8) is 0 Å². The molecule has 0 amide bonds. The number of fused-ring (bicyclic) bond motifs is 7. The predicted octanol–water partition coefficient (Wildman–Crippen LogP) is 16.4. The van der Waals surface area contributed by atoms with Gasteiger partial charge in [-0.3, -0.25) is 0 Å². The Morgan fingerprint density at radius 1 is 0.262 bits per heavy atom. The minimum absolute atomic E-state index is 0.543. The van der Waals surface area contributed by atoms with Crippen LogP contribution < -0.4 is 0 Å². The molecule has 0 radical (unpaired) electrons. The fourth-order valence-corrected chi connectivity index (χ4v) is 9.83. The van der Waals surface area contributed by atoms with Gasteiger partial charge >= 0.3 is 0 Å². The molecule has 0 aliphatic heterocycles. The minimum Gasteiger partial charge on any atom is -0.455 e. The van der Waals surface area contributed by atoms with Crippen LogP contribution in [0.1, 0.15) is 0 Å². The van der Waals surface area contributed by atoms with Gasteiger partial charge in [-0.1, -0.05) is 194 Å². The average Bonchev–Trinajstić information content (AvgIpc) is 3.77. The number of hydrogen-bond acceptors (Lipinski definition) is 4. The molecule has 302 valence electrons. The number of rotatable bonds is 6. The molecule has 0 saturated carbocycles. The number of furan rings is 1. The third-order valence-electron chi connectivity index (χ3n) is 12.9. The summed E-state index contributed by atoms with van der Waals surface area (Å²) in [5.74, 6) is 1.72. The van der Waals surface area contributed by atoms with E-state index in [1.54, 1.807) is 0 Å². The van der Waals surface area contributed by atoms with Crippen LogP contribution in [0.15, 0.2) is 229 Å². The monoisotopic (exact) mass is 827 g/mol. The third-order valence-corrected chi connectivity index (χ3v) is 12.9. The Morgan fingerprint density at radius 3 is 1.63 bits per heavy atom. The van der Waals surface area contributed by atoms with E-state index in [4.69, 9.17) is 19.4 Å². The van der Waals surface area contributed by atoms with E-state index in [0.29, 0.717) is 17.5 Å². The summed E-state index contributed by atoms with van der Waals surface area (Å²) in [5, 5.41) is 11.1. The normalized spacial score (nSPS) is 11.7. The van der Waals surface area contributed by atoms with Gasteiger partial charge in [0, 0.05) is 21.9 Å². The van der Waals surface area contributed by atoms with Crippen molar-refractivity contribution in [3.05, 3.63) is 224 Å². The first-order valence-electron chi connectivity index (χ1n) is 22.0. The molecule has 0 fully saturated rings. The summed E-state index contributed by atoms with van der Waals surface area (Å²) < 4.78 is 6.65. The molecule has 65 heavy (non-hydrogen) atoms. The molecule has 0 saturated heterocycles. The minimum atomic E-state index is 0.543. The van der Waals surface area contributed by atoms with Gasteiger partial charge in [-0.15, -0.1) is 0 Å². The summed E-state index contributed by atoms with van der Waals surface area (Å²) in [5.41, 5.74) is 11.1. The topological polar surface area (TPSA) is 51.8 Å². The van der Waals surface area contributed by atoms with Gasteiger partial charge in [-0.05, 0) is 107 Å². The Kier molecular flexibility index (Phi) is 8.50. The standard InChI is InChI=1S/C61H37N3O/c1-2-15-39(16-3-1)54-37-44(35-43-19-6-8-23-46(43)54)42-32-31-41-21-13-28-52(55(41)36-42)59-62-60(53-29-14-27-51-49-25-10-11-30-56(49)65-58(51)53)64-61(63-59)57-47-24-9-5-18-40(47)33-34-50(57)48-26-12-20-38-17-4-7-22-45(38)48/h1-37H. The lowest BCUT2D eigenvalue weighted by Gasteiger charge is -2.17. The lowest BCUT2D eigenvalue weighted by Crippen LogP contribution is -2.02. The summed E-state index contributed by atoms with van der Waals surface area (Å²) >= 11 is 0. The SMILES string of the molecule is c1ccc(-c2cc(-c3ccc4cccc(-c5nc(-c6c(-c7cccc8ccccc78)ccc7ccccc67)nc(-c6cccc7c6oc6ccccc67)n5)c4c3)cc3ccccc23)cc1. The number of hydrogen-bond donors (Lipinski definition) is 0. The molecule has 0 unspecified atom stereocenters. The highest BCUT2D eigenvalue weighted by Crippen LogP contribution is 2.43. The van der Waals surface area contributed by atoms with Crippen molar-refractivity contribution in [1.82, 2.24) is 15.0 Å². The van der Waals surface area contributed by atoms with E-state index < -0.39 is 0 Å². The summed E-state index contributed by atoms with van der Waals surface area (Å²) in [6, 6.07) is 79.5. The Hall–Kier alpha value is -8.73. The van der Waals surface area contributed by atoms with Gasteiger partial charge in [0.15, 0.2) is 17.5 Å². The van der Waals surface area contributed by atoms with Crippen molar-refractivity contribution in [2.75, 3.05) is 0 Å². The quantitative estimate of drug-likeness (QED) is 0.168. The number of benzene rings is 11. The van der Waals surface area contributed by atoms with Crippen molar-refractivity contribution in [1.29, 1.82) is 0 Å². The van der Waals surface area contributed by atoms with Gasteiger partial charge in [0.1, 0.15) is 11.2 Å². The van der Waals surface area contributed by atoms with Crippen LogP contribution in [0.25, 0.3) is 133 Å². The molecule has 13 aromatic rings. The first-order valence-corrected chi connectivity index (χ1v) is 22.0. The van der Waals surface area contributed by atoms with Crippen LogP contribution in [-0.4, -0.2) is 15.0 Å². The summed E-state index contributed by atoms with van der Waals surface area (Å²) in [6.07, 6.45) is 0. The molecule has 0 aliphatic carbocycles. The predicted molar refractivity (Wildman–Crippen MR) is 270 cm³/mol. The van der Waals surface area contributed by atoms with Crippen LogP contribution in [-0.2, 0) is 0 Å². The van der Waals surface area contributed by atoms with E-state index in [1.165, 1.54) is 32.7 Å². The van der Waals surface area contributed by atoms with Crippen molar-refractivity contribution >= 4 is 65.0 Å². The van der Waals surface area contributed by atoms with Crippen molar-refractivity contribution in [3.8, 4) is 67.5 Å². The van der Waals surface area contributed by atoms with E-state index in [0.717, 1.165) is 82.4 Å². The van der Waals surface area contributed by atoms with Crippen molar-refractivity contribution < 1.29 is 4.42 Å². The molecular weight excluding hydrogens is 791 g/mol. The molecule has 4 heteroatoms. The highest BCUT2D eigenvalue weighted by molar-refractivity contribution is 6.11. The van der Waals surface area contributed by atoms with E-state index in [2.05, 4.69) is 206 Å². The number of para-hydroxylation sites is 2. The lowest BCUT2D eigenvalue weighted by atomic mass is 9.90. The highest BCUT2D eigenvalue weighted by Gasteiger charge is 2.22. The zero-order valence-corrected chi connectivity index (χ0v) is 35.1. The van der Waals surface area contributed by atoms with E-state index in [9.17, 15) is 0 Å². The molecule has 2 aromatic heterocycles. The maximum atomic E-state index is 6.65. The van der Waals surface area contributed by atoms with Gasteiger partial charge in [0.2, 0.25) is 0 Å². The van der Waals surface area contributed by atoms with Crippen LogP contribution >= 0.6 is 0 Å². The van der Waals surface area contributed by atoms with Crippen LogP contribution in [0.2, 0.25) is 0 Å². The van der Waals surface area contributed by atoms with Gasteiger partial charge in [-0.2, -0.15) is 0 Å². The zero-order chi connectivity index (χ0) is 42.8. The Balaban J connectivity index is 1.08. The van der Waals surface area contributed by atoms with Gasteiger partial charge < -0.3 is 4.42 Å². The molecule has 0 atom stereocenters. The maximum absolute atomic E-state index is 6.65. The molecule has 0 bridgehead atoms. The van der Waals surface area contributed by atoms with Crippen molar-refractivity contribution in [2.24, 2.45) is 0 Å². The third kappa shape index (κ3) is 6.18. The van der Waals surface area contributed by atoms with Gasteiger partial charge in [0.05, 0.1) is 5.56 Å². The molecule has 13 rings (SSSR count). The second kappa shape index (κ2) is 15.0. The molecule has 0 aliphatic rings. The van der Waals surface area contributed by atoms with E-state index >= 15 is 0 Å². The molecule has 2 heterocycles. The van der Waals surface area contributed by atoms with E-state index in [-0.39, 0.29) is 0 Å². The van der Waals surface area contributed by atoms with Gasteiger partial charge in [0.25, 0.3) is 0 Å². The number of aromatic nitrogens is 3. The fraction of sp³-hybridized carbons (Fsp3) is 0. The first-order chi connectivity index (χ1) is 32.2. The van der Waals surface area contributed by atoms with Crippen LogP contribution in [0, 0.1) is 0 Å². The van der Waals surface area contributed by atoms with Crippen LogP contribution in [0.5, 0.6) is 0 Å². The molecular formula is C61H37N3O. The molecule has 0 N–H and O–H groups in total. The van der Waals surface area contributed by atoms with E-state index in [1.807, 2.05) is 18.2 Å². The Labute approximate surface area is 374 Å². The summed E-state index contributed by atoms with van der Waals surface area (Å²) in [4.78, 5) is 16.4. The van der Waals surface area contributed by atoms with Crippen molar-refractivity contribution in [2.45, 2.75) is 0 Å². The molecule has 0 spiro atoms. The van der Waals surface area contributed by atoms with Crippen LogP contribution in [0.3, 0.4) is 0 Å². The largest absolute Gasteiger partial charge is 0.455 e. The van der Waals surface area contributed by atoms with Crippen LogP contribution in [0.4, 0.5) is 0 Å². The second-order valence-corrected chi connectivity index (χ2v) is 16.7. The fourth-order valence-electron chi connectivity index (χ4n) is 9.83. The smallest absolute Gasteiger partial charge is 0.167 e. The van der Waals surface area contributed by atoms with Gasteiger partial charge in [-0.25, -0.2) is 15.0 Å². The summed E-state index contributed by atoms with van der Waals surface area (Å²) in [6.45, 7) is 0. The average molecular weight is 828 g/mol. The maximum Gasteiger partial charge on any atom is 0.167 e. The zero-order valence-electron chi connectivity index (χ0n) is 35.1. The first kappa shape index (κ1) is 36.9. The number of nitrogens with zero attached hydrogens (tertiary/aromatic N) is 3. The summed E-state index contributed by atoms with van der Waals surface area (Å²) in [7, 11) is 0. The molecule has 11 aromatic carbocycles. The highest BCUT2D eigenvalue weighted by atomic mass is 16.3. The second-order valence-electron chi connectivity index (χ2n) is 16.7. The lowest BCUT2D eigenvalue weighted by molar-refractivity contribution is 0.669.